The van der Waals surface area contributed by atoms with Crippen molar-refractivity contribution in [3.05, 3.63) is 58.7 Å². The first kappa shape index (κ1) is 14.3. The predicted molar refractivity (Wildman–Crippen MR) is 94.6 cm³/mol. The van der Waals surface area contributed by atoms with E-state index in [2.05, 4.69) is 50.3 Å². The minimum atomic E-state index is 0.444. The maximum atomic E-state index is 2.53. The van der Waals surface area contributed by atoms with Crippen LogP contribution in [0.2, 0.25) is 0 Å². The van der Waals surface area contributed by atoms with Gasteiger partial charge in [-0.1, -0.05) is 50.3 Å². The van der Waals surface area contributed by atoms with Crippen LogP contribution in [0.1, 0.15) is 65.2 Å². The van der Waals surface area contributed by atoms with Crippen LogP contribution >= 0.6 is 0 Å². The van der Waals surface area contributed by atoms with Gasteiger partial charge in [-0.05, 0) is 84.5 Å². The summed E-state index contributed by atoms with van der Waals surface area (Å²) in [6.45, 7) is 4.92. The lowest BCUT2D eigenvalue weighted by atomic mass is 9.65. The van der Waals surface area contributed by atoms with Crippen LogP contribution in [0.5, 0.6) is 0 Å². The molecule has 2 atom stereocenters. The molecular weight excluding hydrogens is 264 g/mol. The molecule has 0 aromatic heterocycles. The second-order valence-electron chi connectivity index (χ2n) is 8.25. The lowest BCUT2D eigenvalue weighted by Gasteiger charge is -2.40. The Morgan fingerprint density at radius 3 is 1.59 bits per heavy atom. The topological polar surface area (TPSA) is 0 Å². The molecule has 0 nitrogen and oxygen atoms in total. The number of allylic oxidation sites excluding steroid dienone is 10. The second kappa shape index (κ2) is 5.11. The minimum Gasteiger partial charge on any atom is -0.0842 e. The molecule has 0 radical (unpaired) electrons. The summed E-state index contributed by atoms with van der Waals surface area (Å²) in [7, 11) is 0. The van der Waals surface area contributed by atoms with Gasteiger partial charge in [0.15, 0.2) is 0 Å². The number of fused-ring (bicyclic) bond motifs is 2. The van der Waals surface area contributed by atoms with Crippen LogP contribution in [0.25, 0.3) is 0 Å². The lowest BCUT2D eigenvalue weighted by Crippen LogP contribution is -2.26. The summed E-state index contributed by atoms with van der Waals surface area (Å²) in [4.78, 5) is 0. The third kappa shape index (κ3) is 2.28. The highest BCUT2D eigenvalue weighted by Gasteiger charge is 2.35. The van der Waals surface area contributed by atoms with Gasteiger partial charge in [0, 0.05) is 0 Å². The van der Waals surface area contributed by atoms with E-state index in [0.717, 1.165) is 0 Å². The fourth-order valence-corrected chi connectivity index (χ4v) is 4.75. The average molecular weight is 292 g/mol. The average Bonchev–Trinajstić information content (AvgIpc) is 2.53. The molecule has 4 rings (SSSR count). The van der Waals surface area contributed by atoms with E-state index in [0.29, 0.717) is 10.8 Å². The molecule has 4 aliphatic carbocycles. The van der Waals surface area contributed by atoms with Gasteiger partial charge in [-0.2, -0.15) is 0 Å². The van der Waals surface area contributed by atoms with Crippen molar-refractivity contribution in [2.24, 2.45) is 10.8 Å². The molecule has 0 saturated heterocycles. The molecular formula is C22H28. The fraction of sp³-hybridized carbons (Fsp3) is 0.545. The Balaban J connectivity index is 1.74. The van der Waals surface area contributed by atoms with Crippen molar-refractivity contribution in [1.29, 1.82) is 0 Å². The van der Waals surface area contributed by atoms with Crippen LogP contribution < -0.4 is 0 Å². The third-order valence-electron chi connectivity index (χ3n) is 6.68. The summed E-state index contributed by atoms with van der Waals surface area (Å²) >= 11 is 0. The molecule has 0 aromatic carbocycles. The van der Waals surface area contributed by atoms with E-state index >= 15 is 0 Å². The molecule has 0 aromatic rings. The molecule has 0 fully saturated rings. The quantitative estimate of drug-likeness (QED) is 0.482. The predicted octanol–water partition coefficient (Wildman–Crippen LogP) is 6.44. The fourth-order valence-electron chi connectivity index (χ4n) is 4.75. The summed E-state index contributed by atoms with van der Waals surface area (Å²) in [5.74, 6) is 0. The Kier molecular flexibility index (Phi) is 3.33. The normalized spacial score (nSPS) is 40.6. The van der Waals surface area contributed by atoms with E-state index in [-0.39, 0.29) is 0 Å². The van der Waals surface area contributed by atoms with Crippen LogP contribution in [0, 0.1) is 10.8 Å². The van der Waals surface area contributed by atoms with Gasteiger partial charge in [-0.15, -0.1) is 0 Å². The van der Waals surface area contributed by atoms with Crippen molar-refractivity contribution in [2.45, 2.75) is 65.2 Å². The van der Waals surface area contributed by atoms with Gasteiger partial charge in [-0.25, -0.2) is 0 Å². The molecule has 0 unspecified atom stereocenters. The first-order chi connectivity index (χ1) is 10.6. The van der Waals surface area contributed by atoms with Crippen molar-refractivity contribution < 1.29 is 0 Å². The van der Waals surface area contributed by atoms with Crippen LogP contribution in [-0.4, -0.2) is 0 Å². The molecule has 0 N–H and O–H groups in total. The van der Waals surface area contributed by atoms with Crippen molar-refractivity contribution in [1.82, 2.24) is 0 Å². The van der Waals surface area contributed by atoms with Crippen molar-refractivity contribution in [2.75, 3.05) is 0 Å². The molecule has 0 bridgehead atoms. The summed E-state index contributed by atoms with van der Waals surface area (Å²) in [5.41, 5.74) is 7.29. The van der Waals surface area contributed by atoms with Gasteiger partial charge in [0.05, 0.1) is 0 Å². The van der Waals surface area contributed by atoms with Crippen LogP contribution in [0.4, 0.5) is 0 Å². The van der Waals surface area contributed by atoms with Gasteiger partial charge in [0.25, 0.3) is 0 Å². The summed E-state index contributed by atoms with van der Waals surface area (Å²) in [6, 6.07) is 0. The Hall–Kier alpha value is -1.30. The maximum Gasteiger partial charge on any atom is -0.00692 e. The molecule has 4 aliphatic rings. The molecule has 0 spiro atoms. The van der Waals surface area contributed by atoms with E-state index in [1.807, 2.05) is 0 Å². The smallest absolute Gasteiger partial charge is 0.00692 e. The molecule has 22 heavy (non-hydrogen) atoms. The number of hydrogen-bond donors (Lipinski definition) is 0. The molecule has 0 saturated carbocycles. The Morgan fingerprint density at radius 2 is 1.14 bits per heavy atom. The first-order valence-corrected chi connectivity index (χ1v) is 9.09. The number of hydrogen-bond acceptors (Lipinski definition) is 0. The molecule has 0 heteroatoms. The zero-order valence-electron chi connectivity index (χ0n) is 14.1. The second-order valence-corrected chi connectivity index (χ2v) is 8.25. The standard InChI is InChI=1S/C22H28/c1-21-11-5-3-7-19(21)15-17(9-13-21)18-10-14-22(2)12-6-4-8-20(22)16-18/h3-4,7-8,15-16H,5-6,9-14H2,1-2H3/b18-17-/t21-,22-/m1/s1. The molecule has 116 valence electrons. The van der Waals surface area contributed by atoms with E-state index in [1.165, 1.54) is 51.4 Å². The van der Waals surface area contributed by atoms with Crippen molar-refractivity contribution in [3.8, 4) is 0 Å². The zero-order valence-corrected chi connectivity index (χ0v) is 14.1. The number of rotatable bonds is 0. The van der Waals surface area contributed by atoms with E-state index in [1.54, 1.807) is 22.3 Å². The van der Waals surface area contributed by atoms with Crippen molar-refractivity contribution >= 4 is 0 Å². The monoisotopic (exact) mass is 292 g/mol. The van der Waals surface area contributed by atoms with E-state index < -0.39 is 0 Å². The Bertz CT molecular complexity index is 581. The minimum absolute atomic E-state index is 0.444. The molecule has 0 aliphatic heterocycles. The van der Waals surface area contributed by atoms with Gasteiger partial charge in [0.1, 0.15) is 0 Å². The van der Waals surface area contributed by atoms with Gasteiger partial charge in [-0.3, -0.25) is 0 Å². The van der Waals surface area contributed by atoms with Crippen LogP contribution in [-0.2, 0) is 0 Å². The van der Waals surface area contributed by atoms with Crippen LogP contribution in [0.3, 0.4) is 0 Å². The Morgan fingerprint density at radius 1 is 0.682 bits per heavy atom. The van der Waals surface area contributed by atoms with E-state index in [4.69, 9.17) is 0 Å². The van der Waals surface area contributed by atoms with Crippen molar-refractivity contribution in [3.63, 3.8) is 0 Å². The SMILES string of the molecule is C[C@]12CCC=CC1=C/C(=C1\C=C3C=CCC[C@]3(C)CC1)CC2. The zero-order chi connectivity index (χ0) is 15.2. The van der Waals surface area contributed by atoms with Gasteiger partial charge < -0.3 is 0 Å². The highest BCUT2D eigenvalue weighted by Crippen LogP contribution is 2.49. The van der Waals surface area contributed by atoms with Gasteiger partial charge in [0.2, 0.25) is 0 Å². The first-order valence-electron chi connectivity index (χ1n) is 9.09. The van der Waals surface area contributed by atoms with Crippen LogP contribution in [0.15, 0.2) is 58.7 Å². The third-order valence-corrected chi connectivity index (χ3v) is 6.68. The molecule has 0 amide bonds. The maximum absolute atomic E-state index is 2.53. The van der Waals surface area contributed by atoms with Gasteiger partial charge >= 0.3 is 0 Å². The molecule has 0 heterocycles. The summed E-state index contributed by atoms with van der Waals surface area (Å²) < 4.78 is 0. The summed E-state index contributed by atoms with van der Waals surface area (Å²) in [5, 5.41) is 0. The Labute approximate surface area is 135 Å². The highest BCUT2D eigenvalue weighted by atomic mass is 14.4. The van der Waals surface area contributed by atoms with E-state index in [9.17, 15) is 0 Å². The largest absolute Gasteiger partial charge is 0.0842 e. The lowest BCUT2D eigenvalue weighted by molar-refractivity contribution is 0.322. The summed E-state index contributed by atoms with van der Waals surface area (Å²) in [6.07, 6.45) is 25.0. The highest BCUT2D eigenvalue weighted by molar-refractivity contribution is 5.48.